The highest BCUT2D eigenvalue weighted by Crippen LogP contribution is 2.21. The van der Waals surface area contributed by atoms with Crippen LogP contribution in [0.1, 0.15) is 32.8 Å². The van der Waals surface area contributed by atoms with E-state index in [-0.39, 0.29) is 5.92 Å². The van der Waals surface area contributed by atoms with Crippen molar-refractivity contribution in [2.24, 2.45) is 11.7 Å². The van der Waals surface area contributed by atoms with Crippen LogP contribution in [0.4, 0.5) is 0 Å². The van der Waals surface area contributed by atoms with E-state index in [4.69, 9.17) is 5.73 Å². The molecule has 0 aliphatic rings. The fourth-order valence-corrected chi connectivity index (χ4v) is 1.86. The molecule has 0 heterocycles. The Labute approximate surface area is 119 Å². The molecule has 110 valence electrons. The van der Waals surface area contributed by atoms with E-state index < -0.39 is 23.5 Å². The highest BCUT2D eigenvalue weighted by molar-refractivity contribution is 5.90. The van der Waals surface area contributed by atoms with Gasteiger partial charge >= 0.3 is 5.97 Å². The van der Waals surface area contributed by atoms with Crippen molar-refractivity contribution in [1.29, 1.82) is 0 Å². The fourth-order valence-electron chi connectivity index (χ4n) is 1.86. The van der Waals surface area contributed by atoms with Crippen molar-refractivity contribution in [3.05, 3.63) is 35.9 Å². The molecule has 0 bridgehead atoms. The molecule has 1 aromatic carbocycles. The molecule has 0 radical (unpaired) electrons. The van der Waals surface area contributed by atoms with Gasteiger partial charge in [0.1, 0.15) is 0 Å². The number of carbonyl (C=O) groups is 2. The zero-order chi connectivity index (χ0) is 15.3. The smallest absolute Gasteiger partial charge is 0.333 e. The van der Waals surface area contributed by atoms with Crippen LogP contribution in [0.25, 0.3) is 0 Å². The lowest BCUT2D eigenvalue weighted by Crippen LogP contribution is -2.55. The molecule has 4 N–H and O–H groups in total. The van der Waals surface area contributed by atoms with E-state index in [1.165, 1.54) is 6.92 Å². The summed E-state index contributed by atoms with van der Waals surface area (Å²) < 4.78 is 0. The molecule has 20 heavy (non-hydrogen) atoms. The Hall–Kier alpha value is -1.88. The summed E-state index contributed by atoms with van der Waals surface area (Å²) in [5.41, 5.74) is 4.88. The summed E-state index contributed by atoms with van der Waals surface area (Å²) in [4.78, 5) is 23.7. The first-order valence-electron chi connectivity index (χ1n) is 6.69. The van der Waals surface area contributed by atoms with E-state index in [0.29, 0.717) is 5.56 Å². The van der Waals surface area contributed by atoms with Crippen LogP contribution in [-0.2, 0) is 15.1 Å². The van der Waals surface area contributed by atoms with Gasteiger partial charge in [0.05, 0.1) is 6.04 Å². The van der Waals surface area contributed by atoms with Gasteiger partial charge in [-0.2, -0.15) is 0 Å². The van der Waals surface area contributed by atoms with Crippen molar-refractivity contribution in [2.75, 3.05) is 0 Å². The van der Waals surface area contributed by atoms with E-state index in [2.05, 4.69) is 5.32 Å². The molecule has 3 atom stereocenters. The van der Waals surface area contributed by atoms with Crippen molar-refractivity contribution >= 4 is 11.9 Å². The van der Waals surface area contributed by atoms with Crippen LogP contribution < -0.4 is 11.1 Å². The summed E-state index contributed by atoms with van der Waals surface area (Å²) in [6.07, 6.45) is 0.754. The van der Waals surface area contributed by atoms with Crippen molar-refractivity contribution in [3.8, 4) is 0 Å². The van der Waals surface area contributed by atoms with Gasteiger partial charge in [-0.15, -0.1) is 0 Å². The molecule has 0 saturated heterocycles. The highest BCUT2D eigenvalue weighted by Gasteiger charge is 2.38. The van der Waals surface area contributed by atoms with Gasteiger partial charge in [0.2, 0.25) is 5.91 Å². The lowest BCUT2D eigenvalue weighted by molar-refractivity contribution is -0.147. The number of carbonyl (C=O) groups excluding carboxylic acids is 1. The van der Waals surface area contributed by atoms with Crippen molar-refractivity contribution in [1.82, 2.24) is 5.32 Å². The Balaban J connectivity index is 3.00. The molecule has 1 rings (SSSR count). The summed E-state index contributed by atoms with van der Waals surface area (Å²) in [6, 6.07) is 7.88. The first kappa shape index (κ1) is 16.2. The molecule has 0 fully saturated rings. The average Bonchev–Trinajstić information content (AvgIpc) is 2.46. The van der Waals surface area contributed by atoms with E-state index in [0.717, 1.165) is 6.42 Å². The molecule has 5 nitrogen and oxygen atoms in total. The van der Waals surface area contributed by atoms with Gasteiger partial charge in [0.25, 0.3) is 0 Å². The van der Waals surface area contributed by atoms with Gasteiger partial charge in [0, 0.05) is 0 Å². The summed E-state index contributed by atoms with van der Waals surface area (Å²) in [6.45, 7) is 5.27. The SMILES string of the molecule is CC[C@H](C)[C@H](N)C(=O)NC(C)(C(=O)O)c1ccccc1. The van der Waals surface area contributed by atoms with E-state index in [9.17, 15) is 14.7 Å². The maximum Gasteiger partial charge on any atom is 0.333 e. The molecule has 0 aromatic heterocycles. The largest absolute Gasteiger partial charge is 0.479 e. The summed E-state index contributed by atoms with van der Waals surface area (Å²) in [5, 5.41) is 12.0. The zero-order valence-electron chi connectivity index (χ0n) is 12.1. The number of carboxylic acids is 1. The number of nitrogens with one attached hydrogen (secondary N) is 1. The van der Waals surface area contributed by atoms with E-state index >= 15 is 0 Å². The summed E-state index contributed by atoms with van der Waals surface area (Å²) in [5.74, 6) is -1.58. The monoisotopic (exact) mass is 278 g/mol. The van der Waals surface area contributed by atoms with Crippen LogP contribution in [0.5, 0.6) is 0 Å². The molecular weight excluding hydrogens is 256 g/mol. The molecule has 0 aliphatic carbocycles. The number of aliphatic carboxylic acids is 1. The minimum absolute atomic E-state index is 0.0104. The number of benzene rings is 1. The van der Waals surface area contributed by atoms with Crippen molar-refractivity contribution < 1.29 is 14.7 Å². The lowest BCUT2D eigenvalue weighted by atomic mass is 9.90. The second-order valence-corrected chi connectivity index (χ2v) is 5.20. The molecule has 1 aromatic rings. The van der Waals surface area contributed by atoms with Gasteiger partial charge in [-0.1, -0.05) is 50.6 Å². The first-order chi connectivity index (χ1) is 9.32. The summed E-state index contributed by atoms with van der Waals surface area (Å²) in [7, 11) is 0. The second kappa shape index (κ2) is 6.52. The van der Waals surface area contributed by atoms with Crippen molar-refractivity contribution in [2.45, 2.75) is 38.8 Å². The maximum atomic E-state index is 12.1. The Morgan fingerprint density at radius 2 is 1.90 bits per heavy atom. The van der Waals surface area contributed by atoms with Gasteiger partial charge in [-0.25, -0.2) is 4.79 Å². The molecule has 1 amide bonds. The van der Waals surface area contributed by atoms with E-state index in [1.54, 1.807) is 30.3 Å². The quantitative estimate of drug-likeness (QED) is 0.734. The Kier molecular flexibility index (Phi) is 5.27. The molecule has 0 spiro atoms. The van der Waals surface area contributed by atoms with Gasteiger partial charge < -0.3 is 16.2 Å². The number of nitrogens with two attached hydrogens (primary N) is 1. The third-order valence-corrected chi connectivity index (χ3v) is 3.71. The van der Waals surface area contributed by atoms with Crippen molar-refractivity contribution in [3.63, 3.8) is 0 Å². The Bertz CT molecular complexity index is 475. The second-order valence-electron chi connectivity index (χ2n) is 5.20. The van der Waals surface area contributed by atoms with Crippen LogP contribution in [0.2, 0.25) is 0 Å². The van der Waals surface area contributed by atoms with Crippen LogP contribution >= 0.6 is 0 Å². The normalized spacial score (nSPS) is 16.8. The Morgan fingerprint density at radius 3 is 2.35 bits per heavy atom. The van der Waals surface area contributed by atoms with Gasteiger partial charge in [-0.05, 0) is 18.4 Å². The number of hydrogen-bond donors (Lipinski definition) is 3. The third-order valence-electron chi connectivity index (χ3n) is 3.71. The minimum atomic E-state index is -1.48. The van der Waals surface area contributed by atoms with Crippen LogP contribution in [-0.4, -0.2) is 23.0 Å². The predicted molar refractivity (Wildman–Crippen MR) is 77.0 cm³/mol. The maximum absolute atomic E-state index is 12.1. The van der Waals surface area contributed by atoms with Gasteiger partial charge in [0.15, 0.2) is 5.54 Å². The summed E-state index contributed by atoms with van der Waals surface area (Å²) >= 11 is 0. The fraction of sp³-hybridized carbons (Fsp3) is 0.467. The molecule has 5 heteroatoms. The number of amides is 1. The standard InChI is InChI=1S/C15H22N2O3/c1-4-10(2)12(16)13(18)17-15(3,14(19)20)11-8-6-5-7-9-11/h5-10,12H,4,16H2,1-3H3,(H,17,18)(H,19,20)/t10-,12-,15?/m0/s1. The number of carboxylic acid groups (broad SMARTS) is 1. The number of hydrogen-bond acceptors (Lipinski definition) is 3. The van der Waals surface area contributed by atoms with Crippen LogP contribution in [0, 0.1) is 5.92 Å². The van der Waals surface area contributed by atoms with Crippen LogP contribution in [0.3, 0.4) is 0 Å². The third kappa shape index (κ3) is 3.36. The van der Waals surface area contributed by atoms with Crippen LogP contribution in [0.15, 0.2) is 30.3 Å². The minimum Gasteiger partial charge on any atom is -0.479 e. The Morgan fingerprint density at radius 1 is 1.35 bits per heavy atom. The molecular formula is C15H22N2O3. The first-order valence-corrected chi connectivity index (χ1v) is 6.69. The number of rotatable bonds is 6. The zero-order valence-corrected chi connectivity index (χ0v) is 12.1. The predicted octanol–water partition coefficient (Wildman–Crippen LogP) is 1.48. The molecule has 0 aliphatic heterocycles. The molecule has 1 unspecified atom stereocenters. The highest BCUT2D eigenvalue weighted by atomic mass is 16.4. The molecule has 0 saturated carbocycles. The average molecular weight is 278 g/mol. The van der Waals surface area contributed by atoms with E-state index in [1.807, 2.05) is 13.8 Å². The van der Waals surface area contributed by atoms with Gasteiger partial charge in [-0.3, -0.25) is 4.79 Å². The topological polar surface area (TPSA) is 92.4 Å². The lowest BCUT2D eigenvalue weighted by Gasteiger charge is -2.29.